The number of ether oxygens (including phenoxy) is 1. The van der Waals surface area contributed by atoms with E-state index in [1.165, 1.54) is 0 Å². The molecule has 2 atom stereocenters. The number of benzene rings is 2. The molecule has 4 nitrogen and oxygen atoms in total. The molecule has 1 saturated heterocycles. The van der Waals surface area contributed by atoms with Gasteiger partial charge in [0.2, 0.25) is 0 Å². The first kappa shape index (κ1) is 15.5. The highest BCUT2D eigenvalue weighted by molar-refractivity contribution is 9.10. The largest absolute Gasteiger partial charge is 0.485 e. The zero-order chi connectivity index (χ0) is 16.9. The van der Waals surface area contributed by atoms with Gasteiger partial charge in [-0.2, -0.15) is 0 Å². The fourth-order valence-electron chi connectivity index (χ4n) is 3.34. The van der Waals surface area contributed by atoms with Crippen LogP contribution in [0.4, 0.5) is 0 Å². The van der Waals surface area contributed by atoms with Crippen LogP contribution in [-0.2, 0) is 10.3 Å². The fraction of sp³-hybridized carbons (Fsp3) is 0.167. The zero-order valence-electron chi connectivity index (χ0n) is 12.6. The third-order valence-electron chi connectivity index (χ3n) is 4.40. The Morgan fingerprint density at radius 3 is 2.83 bits per heavy atom. The smallest absolute Gasteiger partial charge is 0.256 e. The Kier molecular flexibility index (Phi) is 3.58. The van der Waals surface area contributed by atoms with E-state index in [0.29, 0.717) is 23.0 Å². The number of carbonyl (C=O) groups is 1. The van der Waals surface area contributed by atoms with Crippen molar-refractivity contribution in [3.05, 3.63) is 75.5 Å². The summed E-state index contributed by atoms with van der Waals surface area (Å²) in [6.45, 7) is 3.84. The van der Waals surface area contributed by atoms with Crippen molar-refractivity contribution in [3.63, 3.8) is 0 Å². The summed E-state index contributed by atoms with van der Waals surface area (Å²) in [5.41, 5.74) is 0.829. The molecule has 1 amide bonds. The molecule has 24 heavy (non-hydrogen) atoms. The van der Waals surface area contributed by atoms with Crippen LogP contribution >= 0.6 is 27.5 Å². The molecule has 2 aliphatic rings. The van der Waals surface area contributed by atoms with Gasteiger partial charge in [0, 0.05) is 21.5 Å². The van der Waals surface area contributed by atoms with Gasteiger partial charge < -0.3 is 15.4 Å². The van der Waals surface area contributed by atoms with E-state index in [9.17, 15) is 4.79 Å². The molecule has 2 heterocycles. The van der Waals surface area contributed by atoms with E-state index >= 15 is 0 Å². The summed E-state index contributed by atoms with van der Waals surface area (Å²) in [6, 6.07) is 13.2. The van der Waals surface area contributed by atoms with E-state index in [4.69, 9.17) is 16.3 Å². The van der Waals surface area contributed by atoms with Crippen molar-refractivity contribution in [3.8, 4) is 5.75 Å². The van der Waals surface area contributed by atoms with E-state index in [2.05, 4.69) is 33.1 Å². The van der Waals surface area contributed by atoms with E-state index in [1.54, 1.807) is 0 Å². The Bertz CT molecular complexity index is 870. The minimum Gasteiger partial charge on any atom is -0.485 e. The van der Waals surface area contributed by atoms with Crippen molar-refractivity contribution in [1.82, 2.24) is 10.6 Å². The number of fused-ring (bicyclic) bond motifs is 2. The topological polar surface area (TPSA) is 50.4 Å². The molecule has 2 N–H and O–H groups in total. The van der Waals surface area contributed by atoms with Crippen molar-refractivity contribution in [2.45, 2.75) is 18.1 Å². The maximum Gasteiger partial charge on any atom is 0.256 e. The van der Waals surface area contributed by atoms with Crippen LogP contribution in [0, 0.1) is 0 Å². The van der Waals surface area contributed by atoms with Crippen LogP contribution in [0.5, 0.6) is 5.75 Å². The molecule has 0 aliphatic carbocycles. The summed E-state index contributed by atoms with van der Waals surface area (Å²) in [5.74, 6) is 1.05. The monoisotopic (exact) mass is 404 g/mol. The van der Waals surface area contributed by atoms with E-state index in [-0.39, 0.29) is 12.0 Å². The second kappa shape index (κ2) is 5.53. The summed E-state index contributed by atoms with van der Waals surface area (Å²) < 4.78 is 7.06. The second-order valence-electron chi connectivity index (χ2n) is 5.97. The van der Waals surface area contributed by atoms with E-state index in [1.807, 2.05) is 42.5 Å². The van der Waals surface area contributed by atoms with Gasteiger partial charge in [0.15, 0.2) is 5.54 Å². The fourth-order valence-corrected chi connectivity index (χ4v) is 3.90. The van der Waals surface area contributed by atoms with E-state index < -0.39 is 5.54 Å². The van der Waals surface area contributed by atoms with Gasteiger partial charge in [-0.25, -0.2) is 0 Å². The van der Waals surface area contributed by atoms with Gasteiger partial charge in [-0.15, -0.1) is 0 Å². The lowest BCUT2D eigenvalue weighted by Gasteiger charge is -2.38. The molecule has 1 spiro atoms. The molecular weight excluding hydrogens is 392 g/mol. The van der Waals surface area contributed by atoms with Crippen LogP contribution in [0.1, 0.15) is 23.7 Å². The zero-order valence-corrected chi connectivity index (χ0v) is 14.9. The van der Waals surface area contributed by atoms with Crippen molar-refractivity contribution in [1.29, 1.82) is 0 Å². The number of hydrogen-bond donors (Lipinski definition) is 2. The molecule has 6 heteroatoms. The van der Waals surface area contributed by atoms with Gasteiger partial charge in [-0.1, -0.05) is 46.2 Å². The number of carbonyl (C=O) groups excluding carboxylic acids is 1. The van der Waals surface area contributed by atoms with Gasteiger partial charge in [0.25, 0.3) is 5.91 Å². The molecular formula is C18H14BrClN2O2. The maximum atomic E-state index is 12.7. The number of halogens is 2. The molecule has 122 valence electrons. The Morgan fingerprint density at radius 1 is 1.29 bits per heavy atom. The molecule has 2 unspecified atom stereocenters. The van der Waals surface area contributed by atoms with Crippen LogP contribution in [0.3, 0.4) is 0 Å². The van der Waals surface area contributed by atoms with Crippen molar-refractivity contribution < 1.29 is 9.53 Å². The molecule has 4 rings (SSSR count). The molecule has 2 aromatic rings. The van der Waals surface area contributed by atoms with Crippen LogP contribution in [0.15, 0.2) is 59.3 Å². The third-order valence-corrected chi connectivity index (χ3v) is 5.13. The summed E-state index contributed by atoms with van der Waals surface area (Å²) in [6.07, 6.45) is 0.156. The van der Waals surface area contributed by atoms with Crippen molar-refractivity contribution >= 4 is 33.4 Å². The minimum atomic E-state index is -0.901. The SMILES string of the molecule is C=C1NC(=O)C2(CC(c3cccc(Cl)c3)Oc3ccc(Br)cc32)N1. The molecule has 2 aliphatic heterocycles. The highest BCUT2D eigenvalue weighted by atomic mass is 79.9. The van der Waals surface area contributed by atoms with Crippen molar-refractivity contribution in [2.24, 2.45) is 0 Å². The van der Waals surface area contributed by atoms with E-state index in [0.717, 1.165) is 15.6 Å². The number of amides is 1. The van der Waals surface area contributed by atoms with Gasteiger partial charge in [-0.3, -0.25) is 4.79 Å². The maximum absolute atomic E-state index is 12.7. The van der Waals surface area contributed by atoms with Crippen LogP contribution < -0.4 is 15.4 Å². The Labute approximate surface area is 153 Å². The number of nitrogens with one attached hydrogen (secondary N) is 2. The lowest BCUT2D eigenvalue weighted by atomic mass is 9.80. The highest BCUT2D eigenvalue weighted by Crippen LogP contribution is 2.47. The third kappa shape index (κ3) is 2.39. The standard InChI is InChI=1S/C18H14BrClN2O2/c1-10-21-17(23)18(22-10)9-16(11-3-2-4-13(20)7-11)24-15-6-5-12(19)8-14(15)18/h2-8,16,22H,1,9H2,(H,21,23). The summed E-state index contributed by atoms with van der Waals surface area (Å²) >= 11 is 9.59. The van der Waals surface area contributed by atoms with Gasteiger partial charge >= 0.3 is 0 Å². The van der Waals surface area contributed by atoms with Crippen LogP contribution in [-0.4, -0.2) is 5.91 Å². The number of hydrogen-bond acceptors (Lipinski definition) is 3. The first-order valence-corrected chi connectivity index (χ1v) is 8.66. The summed E-state index contributed by atoms with van der Waals surface area (Å²) in [7, 11) is 0. The second-order valence-corrected chi connectivity index (χ2v) is 7.32. The molecule has 0 radical (unpaired) electrons. The predicted octanol–water partition coefficient (Wildman–Crippen LogP) is 4.01. The van der Waals surface area contributed by atoms with Crippen LogP contribution in [0.25, 0.3) is 0 Å². The molecule has 2 aromatic carbocycles. The average Bonchev–Trinajstić information content (AvgIpc) is 2.82. The minimum absolute atomic E-state index is 0.123. The first-order valence-electron chi connectivity index (χ1n) is 7.49. The number of rotatable bonds is 1. The van der Waals surface area contributed by atoms with Gasteiger partial charge in [-0.05, 0) is 35.9 Å². The normalized spacial score (nSPS) is 25.0. The lowest BCUT2D eigenvalue weighted by Crippen LogP contribution is -2.47. The Hall–Kier alpha value is -1.98. The van der Waals surface area contributed by atoms with Crippen LogP contribution in [0.2, 0.25) is 5.02 Å². The average molecular weight is 406 g/mol. The highest BCUT2D eigenvalue weighted by Gasteiger charge is 2.51. The quantitative estimate of drug-likeness (QED) is 0.754. The summed E-state index contributed by atoms with van der Waals surface area (Å²) in [4.78, 5) is 12.7. The summed E-state index contributed by atoms with van der Waals surface area (Å²) in [5, 5.41) is 6.65. The Balaban J connectivity index is 1.86. The molecule has 0 bridgehead atoms. The van der Waals surface area contributed by atoms with Gasteiger partial charge in [0.1, 0.15) is 11.9 Å². The molecule has 1 fully saturated rings. The van der Waals surface area contributed by atoms with Gasteiger partial charge in [0.05, 0.1) is 5.82 Å². The molecule has 0 saturated carbocycles. The first-order chi connectivity index (χ1) is 11.5. The Morgan fingerprint density at radius 2 is 2.12 bits per heavy atom. The lowest BCUT2D eigenvalue weighted by molar-refractivity contribution is -0.126. The molecule has 0 aromatic heterocycles. The van der Waals surface area contributed by atoms with Crippen molar-refractivity contribution in [2.75, 3.05) is 0 Å². The predicted molar refractivity (Wildman–Crippen MR) is 95.7 cm³/mol.